The molecule has 122 valence electrons. The molecule has 1 aromatic heterocycles. The Labute approximate surface area is 133 Å². The first kappa shape index (κ1) is 15.8. The van der Waals surface area contributed by atoms with Gasteiger partial charge in [-0.3, -0.25) is 9.69 Å². The van der Waals surface area contributed by atoms with Crippen LogP contribution in [0.3, 0.4) is 0 Å². The number of aryl methyl sites for hydroxylation is 1. The number of aromatic amines is 1. The summed E-state index contributed by atoms with van der Waals surface area (Å²) in [6.45, 7) is 3.52. The van der Waals surface area contributed by atoms with E-state index in [-0.39, 0.29) is 5.56 Å². The van der Waals surface area contributed by atoms with Crippen molar-refractivity contribution in [2.45, 2.75) is 39.3 Å². The highest BCUT2D eigenvalue weighted by Gasteiger charge is 2.22. The summed E-state index contributed by atoms with van der Waals surface area (Å²) in [7, 11) is 0. The lowest BCUT2D eigenvalue weighted by Gasteiger charge is -2.27. The number of nitrogens with zero attached hydrogens (tertiary/aromatic N) is 2. The lowest BCUT2D eigenvalue weighted by molar-refractivity contribution is 0.238. The van der Waals surface area contributed by atoms with Crippen LogP contribution in [0.4, 0.5) is 8.78 Å². The molecular formula is C17H19F2N3O. The normalized spacial score (nSPS) is 14.7. The molecule has 1 N–H and O–H groups in total. The van der Waals surface area contributed by atoms with Crippen LogP contribution in [0.15, 0.2) is 23.0 Å². The quantitative estimate of drug-likeness (QED) is 0.942. The summed E-state index contributed by atoms with van der Waals surface area (Å²) >= 11 is 0. The van der Waals surface area contributed by atoms with E-state index in [1.807, 2.05) is 11.8 Å². The summed E-state index contributed by atoms with van der Waals surface area (Å²) in [4.78, 5) is 21.6. The number of halogens is 2. The molecule has 2 heterocycles. The second-order valence-corrected chi connectivity index (χ2v) is 5.88. The van der Waals surface area contributed by atoms with Crippen molar-refractivity contribution in [1.82, 2.24) is 14.9 Å². The molecular weight excluding hydrogens is 300 g/mol. The first-order valence-electron chi connectivity index (χ1n) is 7.84. The van der Waals surface area contributed by atoms with Crippen LogP contribution in [0.25, 0.3) is 0 Å². The zero-order valence-electron chi connectivity index (χ0n) is 13.0. The third-order valence-electron chi connectivity index (χ3n) is 4.09. The number of hydrogen-bond acceptors (Lipinski definition) is 3. The summed E-state index contributed by atoms with van der Waals surface area (Å²) in [6.07, 6.45) is 2.35. The maximum Gasteiger partial charge on any atom is 0.255 e. The molecule has 0 radical (unpaired) electrons. The van der Waals surface area contributed by atoms with E-state index in [4.69, 9.17) is 0 Å². The van der Waals surface area contributed by atoms with E-state index in [1.165, 1.54) is 12.1 Å². The summed E-state index contributed by atoms with van der Waals surface area (Å²) in [6, 6.07) is 3.59. The fraction of sp³-hybridized carbons (Fsp3) is 0.412. The number of nitrogens with one attached hydrogen (secondary N) is 1. The van der Waals surface area contributed by atoms with Crippen molar-refractivity contribution < 1.29 is 8.78 Å². The molecule has 0 unspecified atom stereocenters. The number of fused-ring (bicyclic) bond motifs is 1. The Kier molecular flexibility index (Phi) is 4.52. The Morgan fingerprint density at radius 1 is 1.35 bits per heavy atom. The maximum absolute atomic E-state index is 13.8. The highest BCUT2D eigenvalue weighted by Crippen LogP contribution is 2.18. The van der Waals surface area contributed by atoms with Crippen LogP contribution < -0.4 is 5.56 Å². The van der Waals surface area contributed by atoms with E-state index in [0.717, 1.165) is 30.4 Å². The van der Waals surface area contributed by atoms with Crippen LogP contribution in [-0.2, 0) is 25.9 Å². The van der Waals surface area contributed by atoms with Gasteiger partial charge in [-0.15, -0.1) is 0 Å². The van der Waals surface area contributed by atoms with Gasteiger partial charge in [-0.05, 0) is 12.5 Å². The summed E-state index contributed by atoms with van der Waals surface area (Å²) in [5.74, 6) is -0.408. The molecule has 1 aromatic carbocycles. The van der Waals surface area contributed by atoms with E-state index < -0.39 is 11.6 Å². The molecule has 0 fully saturated rings. The molecule has 23 heavy (non-hydrogen) atoms. The van der Waals surface area contributed by atoms with Crippen molar-refractivity contribution in [3.63, 3.8) is 0 Å². The number of benzene rings is 1. The molecule has 6 heteroatoms. The summed E-state index contributed by atoms with van der Waals surface area (Å²) < 4.78 is 26.7. The van der Waals surface area contributed by atoms with Crippen molar-refractivity contribution in [2.24, 2.45) is 0 Å². The molecule has 0 amide bonds. The fourth-order valence-corrected chi connectivity index (χ4v) is 2.91. The standard InChI is InChI=1S/C17H19F2N3O/c1-2-3-16-20-15-6-7-22(10-13(15)17(23)21-16)9-11-4-5-12(18)8-14(11)19/h4-5,8H,2-3,6-7,9-10H2,1H3,(H,20,21,23). The average Bonchev–Trinajstić information content (AvgIpc) is 2.51. The Hall–Kier alpha value is -2.08. The molecule has 0 atom stereocenters. The highest BCUT2D eigenvalue weighted by molar-refractivity contribution is 5.23. The summed E-state index contributed by atoms with van der Waals surface area (Å²) in [5.41, 5.74) is 1.82. The van der Waals surface area contributed by atoms with Gasteiger partial charge in [0, 0.05) is 44.1 Å². The van der Waals surface area contributed by atoms with Gasteiger partial charge in [0.25, 0.3) is 5.56 Å². The van der Waals surface area contributed by atoms with Crippen molar-refractivity contribution in [3.8, 4) is 0 Å². The predicted molar refractivity (Wildman–Crippen MR) is 83.0 cm³/mol. The molecule has 2 aromatic rings. The van der Waals surface area contributed by atoms with E-state index in [9.17, 15) is 13.6 Å². The molecule has 4 nitrogen and oxygen atoms in total. The van der Waals surface area contributed by atoms with Gasteiger partial charge in [-0.1, -0.05) is 13.0 Å². The molecule has 1 aliphatic rings. The predicted octanol–water partition coefficient (Wildman–Crippen LogP) is 2.56. The Morgan fingerprint density at radius 2 is 2.17 bits per heavy atom. The smallest absolute Gasteiger partial charge is 0.255 e. The van der Waals surface area contributed by atoms with Gasteiger partial charge in [-0.25, -0.2) is 13.8 Å². The van der Waals surface area contributed by atoms with Gasteiger partial charge in [0.05, 0.1) is 11.3 Å². The largest absolute Gasteiger partial charge is 0.310 e. The number of H-pyrrole nitrogens is 1. The van der Waals surface area contributed by atoms with Gasteiger partial charge < -0.3 is 4.98 Å². The minimum absolute atomic E-state index is 0.109. The molecule has 3 rings (SSSR count). The average molecular weight is 319 g/mol. The SMILES string of the molecule is CCCc1nc2c(c(=O)[nH]1)CN(Cc1ccc(F)cc1F)CC2. The van der Waals surface area contributed by atoms with Crippen LogP contribution in [0.2, 0.25) is 0 Å². The van der Waals surface area contributed by atoms with Gasteiger partial charge >= 0.3 is 0 Å². The lowest BCUT2D eigenvalue weighted by atomic mass is 10.1. The Morgan fingerprint density at radius 3 is 2.91 bits per heavy atom. The molecule has 0 aliphatic carbocycles. The maximum atomic E-state index is 13.8. The Bertz CT molecular complexity index is 773. The molecule has 0 saturated carbocycles. The van der Waals surface area contributed by atoms with E-state index in [2.05, 4.69) is 9.97 Å². The number of aromatic nitrogens is 2. The van der Waals surface area contributed by atoms with Gasteiger partial charge in [0.1, 0.15) is 17.5 Å². The second kappa shape index (κ2) is 6.58. The van der Waals surface area contributed by atoms with Crippen molar-refractivity contribution >= 4 is 0 Å². The van der Waals surface area contributed by atoms with Crippen LogP contribution in [0, 0.1) is 11.6 Å². The number of rotatable bonds is 4. The first-order valence-corrected chi connectivity index (χ1v) is 7.84. The monoisotopic (exact) mass is 319 g/mol. The van der Waals surface area contributed by atoms with Crippen molar-refractivity contribution in [2.75, 3.05) is 6.54 Å². The van der Waals surface area contributed by atoms with Crippen LogP contribution in [-0.4, -0.2) is 21.4 Å². The molecule has 0 bridgehead atoms. The van der Waals surface area contributed by atoms with E-state index in [0.29, 0.717) is 37.2 Å². The fourth-order valence-electron chi connectivity index (χ4n) is 2.91. The third-order valence-corrected chi connectivity index (χ3v) is 4.09. The van der Waals surface area contributed by atoms with E-state index >= 15 is 0 Å². The van der Waals surface area contributed by atoms with Crippen LogP contribution >= 0.6 is 0 Å². The second-order valence-electron chi connectivity index (χ2n) is 5.88. The zero-order chi connectivity index (χ0) is 16.4. The molecule has 0 spiro atoms. The van der Waals surface area contributed by atoms with Crippen LogP contribution in [0.1, 0.15) is 36.0 Å². The minimum Gasteiger partial charge on any atom is -0.310 e. The first-order chi connectivity index (χ1) is 11.1. The Balaban J connectivity index is 1.79. The van der Waals surface area contributed by atoms with Gasteiger partial charge in [0.15, 0.2) is 0 Å². The van der Waals surface area contributed by atoms with Crippen molar-refractivity contribution in [3.05, 3.63) is 62.8 Å². The molecule has 0 saturated heterocycles. The zero-order valence-corrected chi connectivity index (χ0v) is 13.0. The third kappa shape index (κ3) is 3.47. The van der Waals surface area contributed by atoms with Gasteiger partial charge in [-0.2, -0.15) is 0 Å². The molecule has 1 aliphatic heterocycles. The highest BCUT2D eigenvalue weighted by atomic mass is 19.1. The van der Waals surface area contributed by atoms with Crippen LogP contribution in [0.5, 0.6) is 0 Å². The summed E-state index contributed by atoms with van der Waals surface area (Å²) in [5, 5.41) is 0. The van der Waals surface area contributed by atoms with E-state index in [1.54, 1.807) is 0 Å². The number of hydrogen-bond donors (Lipinski definition) is 1. The lowest BCUT2D eigenvalue weighted by Crippen LogP contribution is -2.36. The van der Waals surface area contributed by atoms with Crippen molar-refractivity contribution in [1.29, 1.82) is 0 Å². The topological polar surface area (TPSA) is 49.0 Å². The minimum atomic E-state index is -0.584. The van der Waals surface area contributed by atoms with Gasteiger partial charge in [0.2, 0.25) is 0 Å².